The Hall–Kier alpha value is -1.76. The van der Waals surface area contributed by atoms with Gasteiger partial charge in [-0.2, -0.15) is 0 Å². The number of hydrogen-bond acceptors (Lipinski definition) is 4. The normalized spacial score (nSPS) is 16.8. The highest BCUT2D eigenvalue weighted by Crippen LogP contribution is 2.21. The van der Waals surface area contributed by atoms with Crippen molar-refractivity contribution in [3.05, 3.63) is 24.3 Å². The van der Waals surface area contributed by atoms with Crippen molar-refractivity contribution in [2.24, 2.45) is 0 Å². The maximum absolute atomic E-state index is 12.1. The van der Waals surface area contributed by atoms with Crippen LogP contribution in [0, 0.1) is 0 Å². The van der Waals surface area contributed by atoms with Crippen LogP contribution >= 0.6 is 0 Å². The van der Waals surface area contributed by atoms with Gasteiger partial charge in [0, 0.05) is 13.1 Å². The van der Waals surface area contributed by atoms with Crippen LogP contribution in [0.4, 0.5) is 5.69 Å². The summed E-state index contributed by atoms with van der Waals surface area (Å²) in [7, 11) is -1.80. The van der Waals surface area contributed by atoms with Crippen molar-refractivity contribution in [3.8, 4) is 5.75 Å². The summed E-state index contributed by atoms with van der Waals surface area (Å²) in [6.45, 7) is 1.71. The summed E-state index contributed by atoms with van der Waals surface area (Å²) in [6.07, 6.45) is 4.95. The molecule has 23 heavy (non-hydrogen) atoms. The van der Waals surface area contributed by atoms with Crippen molar-refractivity contribution in [1.82, 2.24) is 5.32 Å². The minimum atomic E-state index is -3.29. The van der Waals surface area contributed by atoms with E-state index in [0.29, 0.717) is 11.4 Å². The Balaban J connectivity index is 1.93. The molecule has 1 aliphatic carbocycles. The van der Waals surface area contributed by atoms with Gasteiger partial charge in [-0.1, -0.05) is 12.8 Å². The van der Waals surface area contributed by atoms with Crippen molar-refractivity contribution >= 4 is 21.6 Å². The second-order valence-corrected chi connectivity index (χ2v) is 7.99. The molecule has 0 aromatic heterocycles. The molecule has 1 atom stereocenters. The third-order valence-corrected chi connectivity index (χ3v) is 5.29. The summed E-state index contributed by atoms with van der Waals surface area (Å²) in [4.78, 5) is 12.1. The quantitative estimate of drug-likeness (QED) is 0.858. The largest absolute Gasteiger partial charge is 0.481 e. The lowest BCUT2D eigenvalue weighted by Crippen LogP contribution is -2.41. The average molecular weight is 340 g/mol. The molecule has 7 heteroatoms. The summed E-state index contributed by atoms with van der Waals surface area (Å²) >= 11 is 0. The van der Waals surface area contributed by atoms with Crippen molar-refractivity contribution in [2.45, 2.75) is 44.8 Å². The van der Waals surface area contributed by atoms with Crippen molar-refractivity contribution in [1.29, 1.82) is 0 Å². The predicted molar refractivity (Wildman–Crippen MR) is 90.2 cm³/mol. The number of carbonyl (C=O) groups is 1. The van der Waals surface area contributed by atoms with Gasteiger partial charge in [0.05, 0.1) is 11.9 Å². The number of sulfonamides is 1. The third-order valence-electron chi connectivity index (χ3n) is 4.08. The van der Waals surface area contributed by atoms with Crippen molar-refractivity contribution in [2.75, 3.05) is 17.6 Å². The maximum Gasteiger partial charge on any atom is 0.260 e. The molecule has 1 amide bonds. The van der Waals surface area contributed by atoms with Gasteiger partial charge in [-0.05, 0) is 44.0 Å². The Morgan fingerprint density at radius 1 is 1.26 bits per heavy atom. The molecule has 0 radical (unpaired) electrons. The number of benzene rings is 1. The monoisotopic (exact) mass is 340 g/mol. The SMILES string of the molecule is C[C@H](Oc1ccc(N(C)S(C)(=O)=O)cc1)C(=O)NC1CCCC1. The lowest BCUT2D eigenvalue weighted by Gasteiger charge is -2.19. The smallest absolute Gasteiger partial charge is 0.260 e. The molecule has 1 saturated carbocycles. The van der Waals surface area contributed by atoms with E-state index in [-0.39, 0.29) is 11.9 Å². The van der Waals surface area contributed by atoms with Crippen LogP contribution in [0.5, 0.6) is 5.75 Å². The molecule has 0 heterocycles. The fourth-order valence-electron chi connectivity index (χ4n) is 2.57. The van der Waals surface area contributed by atoms with Crippen LogP contribution in [-0.2, 0) is 14.8 Å². The first-order chi connectivity index (χ1) is 10.8. The van der Waals surface area contributed by atoms with Gasteiger partial charge in [-0.25, -0.2) is 8.42 Å². The van der Waals surface area contributed by atoms with Crippen LogP contribution < -0.4 is 14.4 Å². The van der Waals surface area contributed by atoms with Gasteiger partial charge in [0.15, 0.2) is 6.10 Å². The number of amides is 1. The van der Waals surface area contributed by atoms with Crippen LogP contribution in [0.15, 0.2) is 24.3 Å². The highest BCUT2D eigenvalue weighted by molar-refractivity contribution is 7.92. The van der Waals surface area contributed by atoms with E-state index in [2.05, 4.69) is 5.32 Å². The van der Waals surface area contributed by atoms with Gasteiger partial charge >= 0.3 is 0 Å². The molecule has 0 unspecified atom stereocenters. The Kier molecular flexibility index (Phi) is 5.51. The third kappa shape index (κ3) is 4.86. The van der Waals surface area contributed by atoms with E-state index in [9.17, 15) is 13.2 Å². The molecule has 6 nitrogen and oxygen atoms in total. The Morgan fingerprint density at radius 3 is 2.35 bits per heavy atom. The Bertz CT molecular complexity index is 637. The number of nitrogens with one attached hydrogen (secondary N) is 1. The molecule has 0 spiro atoms. The first kappa shape index (κ1) is 17.6. The molecule has 1 fully saturated rings. The van der Waals surface area contributed by atoms with Crippen LogP contribution in [0.3, 0.4) is 0 Å². The van der Waals surface area contributed by atoms with E-state index in [1.807, 2.05) is 0 Å². The second kappa shape index (κ2) is 7.21. The fraction of sp³-hybridized carbons (Fsp3) is 0.562. The number of ether oxygens (including phenoxy) is 1. The van der Waals surface area contributed by atoms with E-state index in [1.165, 1.54) is 11.4 Å². The molecule has 0 bridgehead atoms. The van der Waals surface area contributed by atoms with Gasteiger partial charge in [0.25, 0.3) is 5.91 Å². The van der Waals surface area contributed by atoms with E-state index in [4.69, 9.17) is 4.74 Å². The molecule has 1 aromatic rings. The molecule has 2 rings (SSSR count). The molecule has 128 valence electrons. The molecule has 1 aliphatic rings. The molecular formula is C16H24N2O4S. The molecule has 1 aromatic carbocycles. The minimum Gasteiger partial charge on any atom is -0.481 e. The Labute approximate surface area is 137 Å². The highest BCUT2D eigenvalue weighted by Gasteiger charge is 2.21. The Morgan fingerprint density at radius 2 is 1.83 bits per heavy atom. The zero-order chi connectivity index (χ0) is 17.0. The molecule has 1 N–H and O–H groups in total. The minimum absolute atomic E-state index is 0.116. The lowest BCUT2D eigenvalue weighted by molar-refractivity contribution is -0.127. The van der Waals surface area contributed by atoms with Crippen molar-refractivity contribution in [3.63, 3.8) is 0 Å². The van der Waals surface area contributed by atoms with E-state index in [1.54, 1.807) is 31.2 Å². The number of rotatable bonds is 6. The van der Waals surface area contributed by atoms with Crippen LogP contribution in [0.2, 0.25) is 0 Å². The maximum atomic E-state index is 12.1. The summed E-state index contributed by atoms with van der Waals surface area (Å²) < 4.78 is 29.8. The molecule has 0 saturated heterocycles. The lowest BCUT2D eigenvalue weighted by atomic mass is 10.2. The predicted octanol–water partition coefficient (Wildman–Crippen LogP) is 1.91. The van der Waals surface area contributed by atoms with Crippen molar-refractivity contribution < 1.29 is 17.9 Å². The van der Waals surface area contributed by atoms with Gasteiger partial charge in [-0.3, -0.25) is 9.10 Å². The summed E-state index contributed by atoms with van der Waals surface area (Å²) in [5, 5.41) is 3.00. The average Bonchev–Trinajstić information content (AvgIpc) is 2.99. The van der Waals surface area contributed by atoms with Gasteiger partial charge in [0.1, 0.15) is 5.75 Å². The number of hydrogen-bond donors (Lipinski definition) is 1. The van der Waals surface area contributed by atoms with E-state index in [0.717, 1.165) is 31.9 Å². The second-order valence-electron chi connectivity index (χ2n) is 5.97. The first-order valence-electron chi connectivity index (χ1n) is 7.78. The summed E-state index contributed by atoms with van der Waals surface area (Å²) in [6, 6.07) is 6.89. The first-order valence-corrected chi connectivity index (χ1v) is 9.63. The zero-order valence-electron chi connectivity index (χ0n) is 13.8. The van der Waals surface area contributed by atoms with Gasteiger partial charge in [0.2, 0.25) is 10.0 Å². The number of anilines is 1. The standard InChI is InChI=1S/C16H24N2O4S/c1-12(16(19)17-13-6-4-5-7-13)22-15-10-8-14(9-11-15)18(2)23(3,20)21/h8-13H,4-7H2,1-3H3,(H,17,19)/t12-/m0/s1. The number of carbonyl (C=O) groups excluding carboxylic acids is 1. The topological polar surface area (TPSA) is 75.7 Å². The van der Waals surface area contributed by atoms with Gasteiger partial charge in [-0.15, -0.1) is 0 Å². The van der Waals surface area contributed by atoms with Crippen LogP contribution in [-0.4, -0.2) is 39.8 Å². The zero-order valence-corrected chi connectivity index (χ0v) is 14.6. The fourth-order valence-corrected chi connectivity index (χ4v) is 3.08. The van der Waals surface area contributed by atoms with E-state index >= 15 is 0 Å². The molecular weight excluding hydrogens is 316 g/mol. The van der Waals surface area contributed by atoms with Gasteiger partial charge < -0.3 is 10.1 Å². The van der Waals surface area contributed by atoms with E-state index < -0.39 is 16.1 Å². The number of nitrogens with zero attached hydrogens (tertiary/aromatic N) is 1. The van der Waals surface area contributed by atoms with Crippen LogP contribution in [0.1, 0.15) is 32.6 Å². The molecule has 0 aliphatic heterocycles. The highest BCUT2D eigenvalue weighted by atomic mass is 32.2. The summed E-state index contributed by atoms with van der Waals surface area (Å²) in [5.41, 5.74) is 0.544. The summed E-state index contributed by atoms with van der Waals surface area (Å²) in [5.74, 6) is 0.416. The van der Waals surface area contributed by atoms with Crippen LogP contribution in [0.25, 0.3) is 0 Å².